The first-order valence-electron chi connectivity index (χ1n) is 9.04. The Bertz CT molecular complexity index is 1150. The maximum absolute atomic E-state index is 13.6. The molecule has 0 aliphatic rings. The summed E-state index contributed by atoms with van der Waals surface area (Å²) in [5, 5.41) is 3.76. The smallest absolute Gasteiger partial charge is 0.267 e. The van der Waals surface area contributed by atoms with Crippen LogP contribution in [0.2, 0.25) is 0 Å². The monoisotopic (exact) mass is 425 g/mol. The predicted octanol–water partition coefficient (Wildman–Crippen LogP) is 3.56. The van der Waals surface area contributed by atoms with E-state index >= 15 is 0 Å². The summed E-state index contributed by atoms with van der Waals surface area (Å²) in [4.78, 5) is 12.2. The number of hydrazone groups is 1. The van der Waals surface area contributed by atoms with Crippen LogP contribution < -0.4 is 9.73 Å². The van der Waals surface area contributed by atoms with E-state index in [-0.39, 0.29) is 17.7 Å². The molecule has 0 bridgehead atoms. The summed E-state index contributed by atoms with van der Waals surface area (Å²) in [6.45, 7) is 0.179. The molecule has 0 spiro atoms. The molecule has 0 fully saturated rings. The van der Waals surface area contributed by atoms with Gasteiger partial charge in [0.1, 0.15) is 5.82 Å². The number of hydrogen-bond acceptors (Lipinski definition) is 4. The van der Waals surface area contributed by atoms with Gasteiger partial charge in [0.2, 0.25) is 10.0 Å². The van der Waals surface area contributed by atoms with Gasteiger partial charge in [-0.15, -0.1) is 0 Å². The normalized spacial score (nSPS) is 11.4. The molecular formula is C22H20FN3O3S. The molecule has 0 aromatic heterocycles. The number of halogens is 1. The summed E-state index contributed by atoms with van der Waals surface area (Å²) in [6.07, 6.45) is 2.35. The molecular weight excluding hydrogens is 405 g/mol. The highest BCUT2D eigenvalue weighted by Crippen LogP contribution is 2.21. The van der Waals surface area contributed by atoms with E-state index in [1.807, 2.05) is 30.3 Å². The zero-order chi connectivity index (χ0) is 21.6. The maximum atomic E-state index is 13.6. The van der Waals surface area contributed by atoms with Crippen LogP contribution in [0.3, 0.4) is 0 Å². The van der Waals surface area contributed by atoms with Crippen molar-refractivity contribution >= 4 is 27.8 Å². The van der Waals surface area contributed by atoms with E-state index < -0.39 is 21.7 Å². The molecule has 0 saturated carbocycles. The Balaban J connectivity index is 1.72. The van der Waals surface area contributed by atoms with Gasteiger partial charge in [0.05, 0.1) is 24.7 Å². The van der Waals surface area contributed by atoms with Crippen molar-refractivity contribution in [3.8, 4) is 0 Å². The number of rotatable bonds is 7. The molecule has 8 heteroatoms. The molecule has 1 amide bonds. The largest absolute Gasteiger partial charge is 0.271 e. The molecule has 154 valence electrons. The highest BCUT2D eigenvalue weighted by atomic mass is 32.2. The molecule has 0 saturated heterocycles. The van der Waals surface area contributed by atoms with E-state index in [1.54, 1.807) is 24.3 Å². The highest BCUT2D eigenvalue weighted by molar-refractivity contribution is 7.92. The third-order valence-electron chi connectivity index (χ3n) is 4.26. The molecule has 1 N–H and O–H groups in total. The fraction of sp³-hybridized carbons (Fsp3) is 0.0909. The van der Waals surface area contributed by atoms with Gasteiger partial charge in [0.15, 0.2) is 0 Å². The van der Waals surface area contributed by atoms with Gasteiger partial charge in [-0.1, -0.05) is 48.5 Å². The molecule has 3 rings (SSSR count). The van der Waals surface area contributed by atoms with Crippen LogP contribution >= 0.6 is 0 Å². The van der Waals surface area contributed by atoms with E-state index in [4.69, 9.17) is 0 Å². The maximum Gasteiger partial charge on any atom is 0.271 e. The van der Waals surface area contributed by atoms with Crippen molar-refractivity contribution in [2.24, 2.45) is 5.10 Å². The van der Waals surface area contributed by atoms with Crippen LogP contribution in [0.15, 0.2) is 84.0 Å². The summed E-state index contributed by atoms with van der Waals surface area (Å²) in [5.41, 5.74) is 4.14. The van der Waals surface area contributed by atoms with Gasteiger partial charge in [-0.2, -0.15) is 5.10 Å². The second-order valence-corrected chi connectivity index (χ2v) is 8.43. The number of benzene rings is 3. The lowest BCUT2D eigenvalue weighted by Crippen LogP contribution is -2.29. The molecule has 30 heavy (non-hydrogen) atoms. The third-order valence-corrected chi connectivity index (χ3v) is 5.40. The van der Waals surface area contributed by atoms with Gasteiger partial charge in [-0.05, 0) is 35.9 Å². The first-order valence-corrected chi connectivity index (χ1v) is 10.9. The molecule has 0 atom stereocenters. The molecule has 0 heterocycles. The van der Waals surface area contributed by atoms with Gasteiger partial charge < -0.3 is 0 Å². The van der Waals surface area contributed by atoms with E-state index in [1.165, 1.54) is 34.8 Å². The minimum atomic E-state index is -3.52. The van der Waals surface area contributed by atoms with Crippen LogP contribution in [0.4, 0.5) is 10.1 Å². The number of carbonyl (C=O) groups excluding carboxylic acids is 1. The summed E-state index contributed by atoms with van der Waals surface area (Å²) in [6, 6.07) is 21.4. The second kappa shape index (κ2) is 9.32. The summed E-state index contributed by atoms with van der Waals surface area (Å²) >= 11 is 0. The predicted molar refractivity (Wildman–Crippen MR) is 115 cm³/mol. The number of nitrogens with one attached hydrogen (secondary N) is 1. The number of amides is 1. The molecule has 0 radical (unpaired) electrons. The van der Waals surface area contributed by atoms with Gasteiger partial charge >= 0.3 is 0 Å². The first-order chi connectivity index (χ1) is 14.3. The molecule has 3 aromatic rings. The van der Waals surface area contributed by atoms with E-state index in [0.29, 0.717) is 5.69 Å². The lowest BCUT2D eigenvalue weighted by molar-refractivity contribution is 0.0955. The van der Waals surface area contributed by atoms with Crippen molar-refractivity contribution in [3.05, 3.63) is 101 Å². The number of sulfonamides is 1. The summed E-state index contributed by atoms with van der Waals surface area (Å²) in [7, 11) is -3.52. The lowest BCUT2D eigenvalue weighted by Gasteiger charge is -2.22. The van der Waals surface area contributed by atoms with Crippen molar-refractivity contribution in [1.82, 2.24) is 5.43 Å². The van der Waals surface area contributed by atoms with Crippen molar-refractivity contribution < 1.29 is 17.6 Å². The van der Waals surface area contributed by atoms with Crippen LogP contribution in [0, 0.1) is 5.82 Å². The van der Waals surface area contributed by atoms with Gasteiger partial charge in [0, 0.05) is 11.1 Å². The van der Waals surface area contributed by atoms with E-state index in [9.17, 15) is 17.6 Å². The van der Waals surface area contributed by atoms with E-state index in [2.05, 4.69) is 10.5 Å². The minimum absolute atomic E-state index is 0.179. The van der Waals surface area contributed by atoms with Crippen molar-refractivity contribution in [1.29, 1.82) is 0 Å². The van der Waals surface area contributed by atoms with Crippen LogP contribution in [-0.4, -0.2) is 26.8 Å². The minimum Gasteiger partial charge on any atom is -0.267 e. The summed E-state index contributed by atoms with van der Waals surface area (Å²) < 4.78 is 39.3. The van der Waals surface area contributed by atoms with Gasteiger partial charge in [0.25, 0.3) is 5.91 Å². The zero-order valence-electron chi connectivity index (χ0n) is 16.2. The average molecular weight is 425 g/mol. The van der Waals surface area contributed by atoms with Crippen molar-refractivity contribution in [3.63, 3.8) is 0 Å². The first kappa shape index (κ1) is 21.2. The van der Waals surface area contributed by atoms with Crippen LogP contribution in [0.5, 0.6) is 0 Å². The fourth-order valence-corrected chi connectivity index (χ4v) is 3.62. The second-order valence-electron chi connectivity index (χ2n) is 6.52. The Morgan fingerprint density at radius 2 is 1.63 bits per heavy atom. The SMILES string of the molecule is CS(=O)(=O)N(Cc1ccccc1)c1ccc(C(=O)N/N=C\c2ccccc2F)cc1. The number of nitrogens with zero attached hydrogens (tertiary/aromatic N) is 2. The molecule has 0 aliphatic carbocycles. The summed E-state index contributed by atoms with van der Waals surface area (Å²) in [5.74, 6) is -0.942. The Labute approximate surface area is 174 Å². The van der Waals surface area contributed by atoms with Gasteiger partial charge in [-0.3, -0.25) is 9.10 Å². The van der Waals surface area contributed by atoms with Crippen molar-refractivity contribution in [2.75, 3.05) is 10.6 Å². The van der Waals surface area contributed by atoms with Crippen molar-refractivity contribution in [2.45, 2.75) is 6.54 Å². The third kappa shape index (κ3) is 5.51. The Hall–Kier alpha value is -3.52. The van der Waals surface area contributed by atoms with E-state index in [0.717, 1.165) is 11.8 Å². The average Bonchev–Trinajstić information content (AvgIpc) is 2.73. The number of hydrogen-bond donors (Lipinski definition) is 1. The Morgan fingerprint density at radius 1 is 1.00 bits per heavy atom. The van der Waals surface area contributed by atoms with Crippen LogP contribution in [-0.2, 0) is 16.6 Å². The topological polar surface area (TPSA) is 78.8 Å². The van der Waals surface area contributed by atoms with Gasteiger partial charge in [-0.25, -0.2) is 18.2 Å². The number of carbonyl (C=O) groups is 1. The Kier molecular flexibility index (Phi) is 6.58. The molecule has 0 unspecified atom stereocenters. The molecule has 0 aliphatic heterocycles. The lowest BCUT2D eigenvalue weighted by atomic mass is 10.2. The van der Waals surface area contributed by atoms with Crippen LogP contribution in [0.25, 0.3) is 0 Å². The Morgan fingerprint density at radius 3 is 2.27 bits per heavy atom. The standard InChI is InChI=1S/C22H20FN3O3S/c1-30(28,29)26(16-17-7-3-2-4-8-17)20-13-11-18(12-14-20)22(27)25-24-15-19-9-5-6-10-21(19)23/h2-15H,16H2,1H3,(H,25,27)/b24-15-. The fourth-order valence-electron chi connectivity index (χ4n) is 2.73. The quantitative estimate of drug-likeness (QED) is 0.464. The zero-order valence-corrected chi connectivity index (χ0v) is 17.0. The highest BCUT2D eigenvalue weighted by Gasteiger charge is 2.18. The number of anilines is 1. The molecule has 3 aromatic carbocycles. The molecule has 6 nitrogen and oxygen atoms in total. The van der Waals surface area contributed by atoms with Crippen LogP contribution in [0.1, 0.15) is 21.5 Å².